The minimum Gasteiger partial charge on any atom is -0.469 e. The smallest absolute Gasteiger partial charge is 0.310 e. The highest BCUT2D eigenvalue weighted by Gasteiger charge is 2.64. The second kappa shape index (κ2) is 5.86. The number of methoxy groups -OCH3 is 1. The first-order valence-corrected chi connectivity index (χ1v) is 6.45. The Morgan fingerprint density at radius 1 is 1.00 bits per heavy atom. The van der Waals surface area contributed by atoms with Crippen LogP contribution < -0.4 is 0 Å². The molecule has 0 bridgehead atoms. The van der Waals surface area contributed by atoms with Crippen LogP contribution in [0.15, 0.2) is 30.3 Å². The Balaban J connectivity index is 2.19. The lowest BCUT2D eigenvalue weighted by molar-refractivity contribution is -0.149. The summed E-state index contributed by atoms with van der Waals surface area (Å²) in [6, 6.07) is 8.60. The zero-order valence-electron chi connectivity index (χ0n) is 11.4. The zero-order chi connectivity index (χ0) is 14.7. The number of hydrogen-bond acceptors (Lipinski definition) is 5. The Labute approximate surface area is 116 Å². The van der Waals surface area contributed by atoms with E-state index in [1.54, 1.807) is 37.3 Å². The molecule has 0 N–H and O–H groups in total. The number of hydrogen-bond donors (Lipinski definition) is 0. The largest absolute Gasteiger partial charge is 0.469 e. The summed E-state index contributed by atoms with van der Waals surface area (Å²) in [6.07, 6.45) is 0. The summed E-state index contributed by atoms with van der Waals surface area (Å²) < 4.78 is 9.56. The first-order chi connectivity index (χ1) is 9.61. The number of benzene rings is 1. The van der Waals surface area contributed by atoms with Crippen LogP contribution in [0, 0.1) is 17.8 Å². The summed E-state index contributed by atoms with van der Waals surface area (Å²) in [5, 5.41) is 0. The quantitative estimate of drug-likeness (QED) is 0.601. The summed E-state index contributed by atoms with van der Waals surface area (Å²) >= 11 is 0. The minimum absolute atomic E-state index is 0.218. The number of rotatable bonds is 5. The van der Waals surface area contributed by atoms with E-state index in [1.807, 2.05) is 0 Å². The van der Waals surface area contributed by atoms with E-state index in [2.05, 4.69) is 4.74 Å². The first-order valence-electron chi connectivity index (χ1n) is 6.45. The zero-order valence-corrected chi connectivity index (χ0v) is 11.4. The Morgan fingerprint density at radius 3 is 2.15 bits per heavy atom. The van der Waals surface area contributed by atoms with Gasteiger partial charge in [-0.1, -0.05) is 30.3 Å². The second-order valence-electron chi connectivity index (χ2n) is 4.58. The van der Waals surface area contributed by atoms with Crippen LogP contribution in [-0.4, -0.2) is 31.4 Å². The molecule has 0 heterocycles. The fourth-order valence-corrected chi connectivity index (χ4v) is 2.39. The Kier molecular flexibility index (Phi) is 4.17. The standard InChI is InChI=1S/C15H16O5/c1-3-20-15(18)12-10(11(12)14(17)19-2)13(16)9-7-5-4-6-8-9/h4-8,10-12H,3H2,1-2H3/t10-,11-,12+/m0/s1. The van der Waals surface area contributed by atoms with E-state index >= 15 is 0 Å². The van der Waals surface area contributed by atoms with Crippen LogP contribution in [0.25, 0.3) is 0 Å². The van der Waals surface area contributed by atoms with Crippen molar-refractivity contribution in [2.75, 3.05) is 13.7 Å². The maximum Gasteiger partial charge on any atom is 0.310 e. The normalized spacial score (nSPS) is 23.8. The van der Waals surface area contributed by atoms with E-state index in [0.717, 1.165) is 0 Å². The molecule has 20 heavy (non-hydrogen) atoms. The maximum atomic E-state index is 12.3. The molecule has 0 spiro atoms. The molecule has 1 aromatic carbocycles. The van der Waals surface area contributed by atoms with Gasteiger partial charge in [0.25, 0.3) is 0 Å². The van der Waals surface area contributed by atoms with Gasteiger partial charge >= 0.3 is 11.9 Å². The lowest BCUT2D eigenvalue weighted by atomic mass is 10.1. The SMILES string of the molecule is CCOC(=O)[C@H]1[C@@H](C(=O)OC)[C@@H]1C(=O)c1ccccc1. The van der Waals surface area contributed by atoms with Gasteiger partial charge in [-0.15, -0.1) is 0 Å². The predicted molar refractivity (Wildman–Crippen MR) is 69.9 cm³/mol. The third-order valence-electron chi connectivity index (χ3n) is 3.41. The van der Waals surface area contributed by atoms with Crippen LogP contribution in [0.2, 0.25) is 0 Å². The molecule has 1 aliphatic rings. The molecule has 1 fully saturated rings. The van der Waals surface area contributed by atoms with Crippen LogP contribution >= 0.6 is 0 Å². The minimum atomic E-state index is -0.730. The van der Waals surface area contributed by atoms with Gasteiger partial charge in [0.1, 0.15) is 0 Å². The Morgan fingerprint density at radius 2 is 1.60 bits per heavy atom. The lowest BCUT2D eigenvalue weighted by Gasteiger charge is -2.00. The van der Waals surface area contributed by atoms with Crippen LogP contribution in [0.3, 0.4) is 0 Å². The first kappa shape index (κ1) is 14.2. The van der Waals surface area contributed by atoms with E-state index in [-0.39, 0.29) is 12.4 Å². The molecule has 0 aromatic heterocycles. The van der Waals surface area contributed by atoms with Crippen molar-refractivity contribution < 1.29 is 23.9 Å². The predicted octanol–water partition coefficient (Wildman–Crippen LogP) is 1.47. The molecule has 5 heteroatoms. The molecule has 1 aromatic rings. The number of esters is 2. The molecule has 0 amide bonds. The third kappa shape index (κ3) is 2.57. The molecule has 0 aliphatic heterocycles. The molecule has 1 saturated carbocycles. The van der Waals surface area contributed by atoms with Crippen LogP contribution in [0.4, 0.5) is 0 Å². The number of carbonyl (C=O) groups excluding carboxylic acids is 3. The van der Waals surface area contributed by atoms with Crippen molar-refractivity contribution in [1.82, 2.24) is 0 Å². The van der Waals surface area contributed by atoms with E-state index in [9.17, 15) is 14.4 Å². The lowest BCUT2D eigenvalue weighted by Crippen LogP contribution is -2.12. The average Bonchev–Trinajstić information content (AvgIpc) is 3.22. The van der Waals surface area contributed by atoms with Crippen molar-refractivity contribution >= 4 is 17.7 Å². The molecule has 0 unspecified atom stereocenters. The van der Waals surface area contributed by atoms with Crippen molar-refractivity contribution in [1.29, 1.82) is 0 Å². The molecule has 5 nitrogen and oxygen atoms in total. The van der Waals surface area contributed by atoms with Crippen molar-refractivity contribution in [3.8, 4) is 0 Å². The fraction of sp³-hybridized carbons (Fsp3) is 0.400. The van der Waals surface area contributed by atoms with Gasteiger partial charge in [0.15, 0.2) is 5.78 Å². The summed E-state index contributed by atoms with van der Waals surface area (Å²) in [5.74, 6) is -3.42. The van der Waals surface area contributed by atoms with Crippen LogP contribution in [-0.2, 0) is 19.1 Å². The van der Waals surface area contributed by atoms with E-state index in [4.69, 9.17) is 4.74 Å². The van der Waals surface area contributed by atoms with Crippen molar-refractivity contribution in [3.63, 3.8) is 0 Å². The van der Waals surface area contributed by atoms with Gasteiger partial charge in [-0.25, -0.2) is 0 Å². The number of Topliss-reactive ketones (excluding diaryl/α,β-unsaturated/α-hetero) is 1. The molecule has 0 saturated heterocycles. The Bertz CT molecular complexity index is 522. The van der Waals surface area contributed by atoms with E-state index < -0.39 is 29.7 Å². The average molecular weight is 276 g/mol. The van der Waals surface area contributed by atoms with Crippen molar-refractivity contribution in [2.24, 2.45) is 17.8 Å². The topological polar surface area (TPSA) is 69.7 Å². The molecule has 2 rings (SSSR count). The summed E-state index contributed by atoms with van der Waals surface area (Å²) in [4.78, 5) is 35.8. The highest BCUT2D eigenvalue weighted by molar-refractivity contribution is 6.07. The third-order valence-corrected chi connectivity index (χ3v) is 3.41. The number of ether oxygens (including phenoxy) is 2. The van der Waals surface area contributed by atoms with Crippen LogP contribution in [0.1, 0.15) is 17.3 Å². The maximum absolute atomic E-state index is 12.3. The van der Waals surface area contributed by atoms with Gasteiger partial charge in [0.2, 0.25) is 0 Å². The van der Waals surface area contributed by atoms with Gasteiger partial charge in [-0.3, -0.25) is 14.4 Å². The number of ketones is 1. The molecule has 0 radical (unpaired) electrons. The molecule has 3 atom stereocenters. The molecule has 106 valence electrons. The van der Waals surface area contributed by atoms with Gasteiger partial charge < -0.3 is 9.47 Å². The Hall–Kier alpha value is -2.17. The van der Waals surface area contributed by atoms with Gasteiger partial charge in [0, 0.05) is 5.56 Å². The molecular formula is C15H16O5. The van der Waals surface area contributed by atoms with E-state index in [0.29, 0.717) is 5.56 Å². The van der Waals surface area contributed by atoms with Gasteiger partial charge in [0.05, 0.1) is 31.5 Å². The summed E-state index contributed by atoms with van der Waals surface area (Å²) in [6.45, 7) is 1.90. The van der Waals surface area contributed by atoms with Gasteiger partial charge in [-0.2, -0.15) is 0 Å². The second-order valence-corrected chi connectivity index (χ2v) is 4.58. The van der Waals surface area contributed by atoms with Crippen molar-refractivity contribution in [3.05, 3.63) is 35.9 Å². The monoisotopic (exact) mass is 276 g/mol. The highest BCUT2D eigenvalue weighted by Crippen LogP contribution is 2.49. The van der Waals surface area contributed by atoms with Crippen molar-refractivity contribution in [2.45, 2.75) is 6.92 Å². The van der Waals surface area contributed by atoms with Crippen LogP contribution in [0.5, 0.6) is 0 Å². The van der Waals surface area contributed by atoms with Gasteiger partial charge in [-0.05, 0) is 6.92 Å². The highest BCUT2D eigenvalue weighted by atomic mass is 16.5. The molecular weight excluding hydrogens is 260 g/mol. The fourth-order valence-electron chi connectivity index (χ4n) is 2.39. The molecule has 1 aliphatic carbocycles. The summed E-state index contributed by atoms with van der Waals surface area (Å²) in [5.41, 5.74) is 0.484. The van der Waals surface area contributed by atoms with E-state index in [1.165, 1.54) is 7.11 Å². The number of carbonyl (C=O) groups is 3. The summed E-state index contributed by atoms with van der Waals surface area (Å²) in [7, 11) is 1.24.